The molecule has 2 fully saturated rings. The van der Waals surface area contributed by atoms with Crippen molar-refractivity contribution in [3.05, 3.63) is 83.4 Å². The Morgan fingerprint density at radius 3 is 2.64 bits per heavy atom. The summed E-state index contributed by atoms with van der Waals surface area (Å²) in [6, 6.07) is 18.3. The van der Waals surface area contributed by atoms with E-state index in [1.807, 2.05) is 36.8 Å². The maximum absolute atomic E-state index is 12.9. The van der Waals surface area contributed by atoms with Gasteiger partial charge in [-0.1, -0.05) is 24.3 Å². The second-order valence-electron chi connectivity index (χ2n) is 9.06. The Bertz CT molecular complexity index is 1180. The van der Waals surface area contributed by atoms with Crippen molar-refractivity contribution in [2.75, 3.05) is 24.7 Å². The highest BCUT2D eigenvalue weighted by Crippen LogP contribution is 2.36. The van der Waals surface area contributed by atoms with Crippen molar-refractivity contribution in [3.8, 4) is 6.07 Å². The smallest absolute Gasteiger partial charge is 0.247 e. The summed E-state index contributed by atoms with van der Waals surface area (Å²) in [7, 11) is 0. The van der Waals surface area contributed by atoms with E-state index >= 15 is 0 Å². The third-order valence-electron chi connectivity index (χ3n) is 6.95. The zero-order valence-electron chi connectivity index (χ0n) is 18.9. The lowest BCUT2D eigenvalue weighted by molar-refractivity contribution is -0.125. The molecule has 2 aromatic carbocycles. The number of piperidine rings is 1. The summed E-state index contributed by atoms with van der Waals surface area (Å²) < 4.78 is 2.16. The van der Waals surface area contributed by atoms with Crippen LogP contribution >= 0.6 is 0 Å². The van der Waals surface area contributed by atoms with Gasteiger partial charge in [0.15, 0.2) is 0 Å². The number of likely N-dealkylation sites (tertiary alicyclic amines) is 1. The van der Waals surface area contributed by atoms with Gasteiger partial charge in [-0.05, 0) is 55.2 Å². The zero-order chi connectivity index (χ0) is 22.8. The average Bonchev–Trinajstić information content (AvgIpc) is 3.40. The molecule has 2 saturated heterocycles. The molecule has 0 bridgehead atoms. The van der Waals surface area contributed by atoms with Crippen LogP contribution in [0.15, 0.2) is 61.1 Å². The van der Waals surface area contributed by atoms with E-state index in [0.29, 0.717) is 12.2 Å². The topological polar surface area (TPSA) is 77.2 Å². The SMILES string of the molecule is Cc1cccc(N2CNC(=O)C23CCN(Cc2cncn2Cc2ccc(C#N)cc2)CC3)c1. The molecule has 7 heteroatoms. The second-order valence-corrected chi connectivity index (χ2v) is 9.06. The quantitative estimate of drug-likeness (QED) is 0.660. The molecule has 0 saturated carbocycles. The van der Waals surface area contributed by atoms with Crippen LogP contribution in [0.2, 0.25) is 0 Å². The van der Waals surface area contributed by atoms with E-state index in [1.54, 1.807) is 0 Å². The predicted octanol–water partition coefficient (Wildman–Crippen LogP) is 3.04. The summed E-state index contributed by atoms with van der Waals surface area (Å²) in [6.45, 7) is 5.90. The molecule has 0 atom stereocenters. The van der Waals surface area contributed by atoms with Gasteiger partial charge in [-0.15, -0.1) is 0 Å². The molecular weight excluding hydrogens is 412 g/mol. The molecule has 168 valence electrons. The maximum Gasteiger partial charge on any atom is 0.247 e. The van der Waals surface area contributed by atoms with Crippen molar-refractivity contribution >= 4 is 11.6 Å². The zero-order valence-corrected chi connectivity index (χ0v) is 18.9. The first-order chi connectivity index (χ1) is 16.1. The van der Waals surface area contributed by atoms with Crippen molar-refractivity contribution in [2.45, 2.75) is 38.4 Å². The number of aromatic nitrogens is 2. The normalized spacial score (nSPS) is 17.8. The van der Waals surface area contributed by atoms with Gasteiger partial charge in [0.05, 0.1) is 30.3 Å². The van der Waals surface area contributed by atoms with Gasteiger partial charge in [0.25, 0.3) is 0 Å². The molecule has 33 heavy (non-hydrogen) atoms. The maximum atomic E-state index is 12.9. The lowest BCUT2D eigenvalue weighted by atomic mass is 9.85. The van der Waals surface area contributed by atoms with Crippen LogP contribution in [0.3, 0.4) is 0 Å². The lowest BCUT2D eigenvalue weighted by Gasteiger charge is -2.43. The van der Waals surface area contributed by atoms with Gasteiger partial charge in [0.1, 0.15) is 5.54 Å². The first-order valence-corrected chi connectivity index (χ1v) is 11.4. The Morgan fingerprint density at radius 1 is 1.12 bits per heavy atom. The number of hydrogen-bond acceptors (Lipinski definition) is 5. The molecule has 3 heterocycles. The van der Waals surface area contributed by atoms with E-state index in [-0.39, 0.29) is 5.91 Å². The van der Waals surface area contributed by atoms with E-state index < -0.39 is 5.54 Å². The highest BCUT2D eigenvalue weighted by Gasteiger charge is 2.50. The van der Waals surface area contributed by atoms with Crippen LogP contribution < -0.4 is 10.2 Å². The van der Waals surface area contributed by atoms with Crippen molar-refractivity contribution < 1.29 is 4.79 Å². The van der Waals surface area contributed by atoms with Gasteiger partial charge in [0.2, 0.25) is 5.91 Å². The van der Waals surface area contributed by atoms with Crippen LogP contribution in [0.25, 0.3) is 0 Å². The number of amides is 1. The molecule has 5 rings (SSSR count). The second kappa shape index (κ2) is 8.72. The van der Waals surface area contributed by atoms with Crippen LogP contribution in [0.1, 0.15) is 35.2 Å². The van der Waals surface area contributed by atoms with Crippen molar-refractivity contribution in [1.29, 1.82) is 5.26 Å². The first kappa shape index (κ1) is 21.2. The molecule has 1 spiro atoms. The predicted molar refractivity (Wildman–Crippen MR) is 126 cm³/mol. The Kier molecular flexibility index (Phi) is 5.61. The minimum atomic E-state index is -0.465. The van der Waals surface area contributed by atoms with Crippen LogP contribution in [0, 0.1) is 18.3 Å². The summed E-state index contributed by atoms with van der Waals surface area (Å²) in [5, 5.41) is 12.1. The third kappa shape index (κ3) is 4.10. The molecule has 7 nitrogen and oxygen atoms in total. The van der Waals surface area contributed by atoms with Gasteiger partial charge in [-0.2, -0.15) is 5.26 Å². The number of hydrogen-bond donors (Lipinski definition) is 1. The number of imidazole rings is 1. The molecule has 1 N–H and O–H groups in total. The van der Waals surface area contributed by atoms with E-state index in [1.165, 1.54) is 5.56 Å². The molecule has 0 unspecified atom stereocenters. The molecule has 0 radical (unpaired) electrons. The number of aryl methyl sites for hydroxylation is 1. The van der Waals surface area contributed by atoms with Gasteiger partial charge < -0.3 is 14.8 Å². The fourth-order valence-corrected chi connectivity index (χ4v) is 5.03. The number of carbonyl (C=O) groups excluding carboxylic acids is 1. The number of anilines is 1. The molecule has 2 aliphatic rings. The number of nitrogens with one attached hydrogen (secondary N) is 1. The number of rotatable bonds is 5. The number of carbonyl (C=O) groups is 1. The van der Waals surface area contributed by atoms with Crippen LogP contribution in [-0.4, -0.2) is 45.7 Å². The Labute approximate surface area is 194 Å². The van der Waals surface area contributed by atoms with Crippen molar-refractivity contribution in [2.24, 2.45) is 0 Å². The Balaban J connectivity index is 1.26. The molecule has 3 aromatic rings. The molecule has 1 amide bonds. The Hall–Kier alpha value is -3.63. The summed E-state index contributed by atoms with van der Waals surface area (Å²) >= 11 is 0. The van der Waals surface area contributed by atoms with Crippen molar-refractivity contribution in [3.63, 3.8) is 0 Å². The summed E-state index contributed by atoms with van der Waals surface area (Å²) in [5.74, 6) is 0.148. The van der Waals surface area contributed by atoms with E-state index in [9.17, 15) is 4.79 Å². The molecule has 2 aliphatic heterocycles. The highest BCUT2D eigenvalue weighted by atomic mass is 16.2. The monoisotopic (exact) mass is 440 g/mol. The number of nitriles is 1. The van der Waals surface area contributed by atoms with E-state index in [0.717, 1.165) is 56.0 Å². The van der Waals surface area contributed by atoms with Crippen LogP contribution in [0.4, 0.5) is 5.69 Å². The molecule has 1 aromatic heterocycles. The average molecular weight is 441 g/mol. The highest BCUT2D eigenvalue weighted by molar-refractivity contribution is 5.93. The largest absolute Gasteiger partial charge is 0.339 e. The summed E-state index contributed by atoms with van der Waals surface area (Å²) in [4.78, 5) is 22.0. The molecule has 0 aliphatic carbocycles. The van der Waals surface area contributed by atoms with Crippen molar-refractivity contribution in [1.82, 2.24) is 19.8 Å². The molecular formula is C26H28N6O. The van der Waals surface area contributed by atoms with Gasteiger partial charge in [-0.3, -0.25) is 9.69 Å². The lowest BCUT2D eigenvalue weighted by Crippen LogP contribution is -2.56. The fraction of sp³-hybridized carbons (Fsp3) is 0.346. The first-order valence-electron chi connectivity index (χ1n) is 11.4. The summed E-state index contributed by atoms with van der Waals surface area (Å²) in [6.07, 6.45) is 5.39. The fourth-order valence-electron chi connectivity index (χ4n) is 5.03. The van der Waals surface area contributed by atoms with E-state index in [2.05, 4.69) is 61.9 Å². The van der Waals surface area contributed by atoms with Crippen LogP contribution in [0.5, 0.6) is 0 Å². The minimum Gasteiger partial charge on any atom is -0.339 e. The van der Waals surface area contributed by atoms with Gasteiger partial charge in [-0.25, -0.2) is 4.98 Å². The third-order valence-corrected chi connectivity index (χ3v) is 6.95. The number of nitrogens with zero attached hydrogens (tertiary/aromatic N) is 5. The van der Waals surface area contributed by atoms with Gasteiger partial charge >= 0.3 is 0 Å². The summed E-state index contributed by atoms with van der Waals surface area (Å²) in [5.41, 5.74) is 4.82. The minimum absolute atomic E-state index is 0.148. The van der Waals surface area contributed by atoms with Gasteiger partial charge in [0, 0.05) is 38.1 Å². The van der Waals surface area contributed by atoms with E-state index in [4.69, 9.17) is 5.26 Å². The standard InChI is InChI=1S/C26H28N6O/c1-20-3-2-4-23(13-20)32-19-29-25(33)26(32)9-11-30(12-10-26)17-24-15-28-18-31(24)16-22-7-5-21(14-27)6-8-22/h2-8,13,15,18H,9-12,16-17,19H2,1H3,(H,29,33). The number of benzene rings is 2. The Morgan fingerprint density at radius 2 is 1.91 bits per heavy atom. The van der Waals surface area contributed by atoms with Crippen LogP contribution in [-0.2, 0) is 17.9 Å².